The van der Waals surface area contributed by atoms with Gasteiger partial charge in [-0.2, -0.15) is 0 Å². The Hall–Kier alpha value is -1.37. The molecule has 2 atom stereocenters. The van der Waals surface area contributed by atoms with Crippen LogP contribution in [-0.2, 0) is 17.9 Å². The second-order valence-corrected chi connectivity index (χ2v) is 12.3. The molecule has 0 aliphatic heterocycles. The summed E-state index contributed by atoms with van der Waals surface area (Å²) in [6.45, 7) is 11.9. The molecule has 0 saturated carbocycles. The fourth-order valence-corrected chi connectivity index (χ4v) is 11.3. The molecule has 0 fully saturated rings. The fourth-order valence-electron chi connectivity index (χ4n) is 5.04. The summed E-state index contributed by atoms with van der Waals surface area (Å²) in [5, 5.41) is 0. The van der Waals surface area contributed by atoms with E-state index < -0.39 is 17.9 Å². The third kappa shape index (κ3) is 2.46. The van der Waals surface area contributed by atoms with Gasteiger partial charge in [0.15, 0.2) is 0 Å². The summed E-state index contributed by atoms with van der Waals surface area (Å²) < 4.78 is 2.79. The summed E-state index contributed by atoms with van der Waals surface area (Å²) in [5.74, 6) is 0. The van der Waals surface area contributed by atoms with Crippen LogP contribution in [0.4, 0.5) is 0 Å². The van der Waals surface area contributed by atoms with Crippen LogP contribution in [0.3, 0.4) is 0 Å². The molecule has 0 bridgehead atoms. The van der Waals surface area contributed by atoms with E-state index in [1.54, 1.807) is 22.3 Å². The first-order valence-corrected chi connectivity index (χ1v) is 12.4. The van der Waals surface area contributed by atoms with Crippen molar-refractivity contribution in [3.63, 3.8) is 0 Å². The Bertz CT molecular complexity index is 826. The Labute approximate surface area is 158 Å². The van der Waals surface area contributed by atoms with Crippen molar-refractivity contribution in [2.24, 2.45) is 0 Å². The summed E-state index contributed by atoms with van der Waals surface area (Å²) >= 11 is -1.44. The van der Waals surface area contributed by atoms with E-state index in [2.05, 4.69) is 83.1 Å². The zero-order valence-corrected chi connectivity index (χ0v) is 17.5. The van der Waals surface area contributed by atoms with E-state index in [1.165, 1.54) is 27.0 Å². The first kappa shape index (κ1) is 17.1. The van der Waals surface area contributed by atoms with Gasteiger partial charge in [-0.05, 0) is 0 Å². The Balaban J connectivity index is 1.86. The molecule has 2 aliphatic rings. The second kappa shape index (κ2) is 6.42. The van der Waals surface area contributed by atoms with E-state index in [1.807, 2.05) is 0 Å². The molecule has 127 valence electrons. The molecule has 2 aromatic carbocycles. The van der Waals surface area contributed by atoms with Gasteiger partial charge >= 0.3 is 159 Å². The van der Waals surface area contributed by atoms with Gasteiger partial charge < -0.3 is 0 Å². The Morgan fingerprint density at radius 2 is 1.08 bits per heavy atom. The van der Waals surface area contributed by atoms with Crippen LogP contribution in [0.15, 0.2) is 59.7 Å². The van der Waals surface area contributed by atoms with Crippen LogP contribution in [0.1, 0.15) is 65.3 Å². The standard InChI is InChI=1S/2C11H11.C2H5.Ti/c2*1-8-7-10-5-3-4-6-11(10)9(8)2;1-2;/h2*3-7H,1-2H3;1H2,2H3;. The first-order chi connectivity index (χ1) is 12.1. The summed E-state index contributed by atoms with van der Waals surface area (Å²) in [4.78, 5) is 0. The van der Waals surface area contributed by atoms with Crippen molar-refractivity contribution in [2.75, 3.05) is 0 Å². The van der Waals surface area contributed by atoms with Crippen molar-refractivity contribution in [2.45, 2.75) is 47.8 Å². The van der Waals surface area contributed by atoms with Crippen LogP contribution < -0.4 is 0 Å². The molecular formula is C24H27Ti. The minimum absolute atomic E-state index is 0.708. The maximum absolute atomic E-state index is 2.45. The van der Waals surface area contributed by atoms with Crippen molar-refractivity contribution < 1.29 is 17.9 Å². The quantitative estimate of drug-likeness (QED) is 0.509. The zero-order valence-electron chi connectivity index (χ0n) is 16.0. The first-order valence-electron chi connectivity index (χ1n) is 9.45. The molecule has 2 unspecified atom stereocenters. The average molecular weight is 363 g/mol. The summed E-state index contributed by atoms with van der Waals surface area (Å²) in [6.07, 6.45) is 0. The van der Waals surface area contributed by atoms with Crippen molar-refractivity contribution in [3.05, 3.63) is 81.9 Å². The molecule has 0 nitrogen and oxygen atoms in total. The third-order valence-corrected chi connectivity index (χ3v) is 12.5. The number of hydrogen-bond donors (Lipinski definition) is 0. The molecule has 0 heterocycles. The Morgan fingerprint density at radius 3 is 1.48 bits per heavy atom. The van der Waals surface area contributed by atoms with Crippen LogP contribution >= 0.6 is 0 Å². The SMILES string of the molecule is C[CH2][Ti]([CH]1C(C)=C(C)c2ccccc21)[CH]1C(C)=C(C)c2ccccc21. The van der Waals surface area contributed by atoms with Crippen LogP contribution in [0.5, 0.6) is 0 Å². The Kier molecular flexibility index (Phi) is 4.38. The third-order valence-electron chi connectivity index (χ3n) is 6.55. The molecular weight excluding hydrogens is 336 g/mol. The topological polar surface area (TPSA) is 0 Å². The van der Waals surface area contributed by atoms with Crippen LogP contribution in [0.2, 0.25) is 4.73 Å². The predicted octanol–water partition coefficient (Wildman–Crippen LogP) is 7.14. The molecule has 0 amide bonds. The summed E-state index contributed by atoms with van der Waals surface area (Å²) in [6, 6.07) is 18.3. The van der Waals surface area contributed by atoms with Gasteiger partial charge in [0, 0.05) is 0 Å². The van der Waals surface area contributed by atoms with Crippen LogP contribution in [0.25, 0.3) is 11.1 Å². The van der Waals surface area contributed by atoms with E-state index >= 15 is 0 Å². The van der Waals surface area contributed by atoms with Crippen LogP contribution in [0, 0.1) is 0 Å². The number of fused-ring (bicyclic) bond motifs is 2. The maximum atomic E-state index is 2.45. The zero-order chi connectivity index (χ0) is 17.7. The van der Waals surface area contributed by atoms with Gasteiger partial charge in [-0.25, -0.2) is 0 Å². The number of hydrogen-bond acceptors (Lipinski definition) is 0. The Morgan fingerprint density at radius 1 is 0.680 bits per heavy atom. The molecule has 0 radical (unpaired) electrons. The van der Waals surface area contributed by atoms with E-state index in [0.717, 1.165) is 0 Å². The molecule has 4 rings (SSSR count). The molecule has 25 heavy (non-hydrogen) atoms. The normalized spacial score (nSPS) is 21.6. The van der Waals surface area contributed by atoms with Crippen molar-refractivity contribution in [1.82, 2.24) is 0 Å². The fraction of sp³-hybridized carbons (Fsp3) is 0.333. The van der Waals surface area contributed by atoms with E-state index in [-0.39, 0.29) is 0 Å². The van der Waals surface area contributed by atoms with Gasteiger partial charge in [0.05, 0.1) is 0 Å². The summed E-state index contributed by atoms with van der Waals surface area (Å²) in [5.41, 5.74) is 12.6. The summed E-state index contributed by atoms with van der Waals surface area (Å²) in [7, 11) is 0. The molecule has 2 aromatic rings. The monoisotopic (exact) mass is 363 g/mol. The van der Waals surface area contributed by atoms with Gasteiger partial charge in [-0.15, -0.1) is 0 Å². The second-order valence-electron chi connectivity index (χ2n) is 7.59. The molecule has 2 aliphatic carbocycles. The molecule has 0 saturated heterocycles. The average Bonchev–Trinajstić information content (AvgIpc) is 3.04. The van der Waals surface area contributed by atoms with Gasteiger partial charge in [-0.1, -0.05) is 0 Å². The molecule has 0 N–H and O–H groups in total. The van der Waals surface area contributed by atoms with E-state index in [4.69, 9.17) is 0 Å². The minimum atomic E-state index is -1.44. The number of rotatable bonds is 3. The van der Waals surface area contributed by atoms with Gasteiger partial charge in [0.25, 0.3) is 0 Å². The van der Waals surface area contributed by atoms with E-state index in [0.29, 0.717) is 8.45 Å². The van der Waals surface area contributed by atoms with Gasteiger partial charge in [-0.3, -0.25) is 0 Å². The van der Waals surface area contributed by atoms with Crippen molar-refractivity contribution in [1.29, 1.82) is 0 Å². The van der Waals surface area contributed by atoms with E-state index in [9.17, 15) is 0 Å². The van der Waals surface area contributed by atoms with Gasteiger partial charge in [0.2, 0.25) is 0 Å². The van der Waals surface area contributed by atoms with Gasteiger partial charge in [0.1, 0.15) is 0 Å². The predicted molar refractivity (Wildman–Crippen MR) is 105 cm³/mol. The van der Waals surface area contributed by atoms with Crippen molar-refractivity contribution >= 4 is 11.1 Å². The number of benzene rings is 2. The number of allylic oxidation sites excluding steroid dienone is 4. The van der Waals surface area contributed by atoms with Crippen molar-refractivity contribution in [3.8, 4) is 0 Å². The molecule has 1 heteroatoms. The molecule has 0 aromatic heterocycles. The van der Waals surface area contributed by atoms with Crippen LogP contribution in [-0.4, -0.2) is 0 Å². The molecule has 0 spiro atoms.